The molecule has 0 saturated carbocycles. The number of nitrogens with zero attached hydrogens (tertiary/aromatic N) is 4. The minimum atomic E-state index is -4.57. The quantitative estimate of drug-likeness (QED) is 0.566. The van der Waals surface area contributed by atoms with Crippen LogP contribution in [0.4, 0.5) is 19.0 Å². The lowest BCUT2D eigenvalue weighted by atomic mass is 10.1. The number of carbonyl (C=O) groups excluding carboxylic acids is 1. The number of aromatic nitrogens is 3. The van der Waals surface area contributed by atoms with Crippen molar-refractivity contribution in [3.63, 3.8) is 0 Å². The van der Waals surface area contributed by atoms with E-state index in [2.05, 4.69) is 20.4 Å². The number of nitrogen functional groups attached to an aromatic ring is 1. The van der Waals surface area contributed by atoms with Crippen LogP contribution in [0.25, 0.3) is 10.9 Å². The van der Waals surface area contributed by atoms with E-state index in [0.717, 1.165) is 11.1 Å². The molecule has 0 aromatic carbocycles. The largest absolute Gasteiger partial charge is 0.443 e. The molecular formula is C19H17F3N6O3S. The van der Waals surface area contributed by atoms with Gasteiger partial charge in [0.25, 0.3) is 5.91 Å². The molecule has 3 aromatic heterocycles. The van der Waals surface area contributed by atoms with Gasteiger partial charge >= 0.3 is 6.18 Å². The molecule has 3 N–H and O–H groups in total. The molecule has 13 heteroatoms. The summed E-state index contributed by atoms with van der Waals surface area (Å²) < 4.78 is 50.4. The Morgan fingerprint density at radius 3 is 2.78 bits per heavy atom. The second kappa shape index (κ2) is 7.62. The van der Waals surface area contributed by atoms with Gasteiger partial charge in [0.15, 0.2) is 5.01 Å². The first-order chi connectivity index (χ1) is 15.3. The molecule has 9 nitrogen and oxygen atoms in total. The van der Waals surface area contributed by atoms with Gasteiger partial charge in [0.05, 0.1) is 48.7 Å². The maximum atomic E-state index is 13.3. The van der Waals surface area contributed by atoms with Gasteiger partial charge in [0, 0.05) is 18.0 Å². The first-order valence-electron chi connectivity index (χ1n) is 9.58. The lowest BCUT2D eigenvalue weighted by Gasteiger charge is -2.32. The highest BCUT2D eigenvalue weighted by molar-refractivity contribution is 7.12. The topological polar surface area (TPSA) is 115 Å². The summed E-state index contributed by atoms with van der Waals surface area (Å²) in [4.78, 5) is 25.9. The molecule has 1 unspecified atom stereocenters. The van der Waals surface area contributed by atoms with Crippen molar-refractivity contribution in [2.45, 2.75) is 32.0 Å². The fraction of sp³-hybridized carbons (Fsp3) is 0.368. The Balaban J connectivity index is 1.52. The van der Waals surface area contributed by atoms with Crippen molar-refractivity contribution in [3.05, 3.63) is 44.7 Å². The van der Waals surface area contributed by atoms with Gasteiger partial charge in [-0.25, -0.2) is 20.4 Å². The Labute approximate surface area is 183 Å². The summed E-state index contributed by atoms with van der Waals surface area (Å²) in [5, 5.41) is 0.940. The van der Waals surface area contributed by atoms with Crippen LogP contribution < -0.4 is 11.2 Å². The number of ether oxygens (including phenoxy) is 2. The van der Waals surface area contributed by atoms with Crippen molar-refractivity contribution in [1.29, 1.82) is 0 Å². The minimum Gasteiger partial charge on any atom is -0.383 e. The zero-order valence-corrected chi connectivity index (χ0v) is 17.5. The number of hydrogen-bond acceptors (Lipinski definition) is 9. The number of carbonyl (C=O) groups is 1. The molecule has 5 heterocycles. The van der Waals surface area contributed by atoms with Gasteiger partial charge in [0.2, 0.25) is 0 Å². The molecule has 1 atom stereocenters. The fourth-order valence-electron chi connectivity index (χ4n) is 3.90. The van der Waals surface area contributed by atoms with Gasteiger partial charge in [-0.3, -0.25) is 9.80 Å². The van der Waals surface area contributed by atoms with E-state index in [-0.39, 0.29) is 24.6 Å². The van der Waals surface area contributed by atoms with Crippen molar-refractivity contribution in [3.8, 4) is 0 Å². The third-order valence-corrected chi connectivity index (χ3v) is 6.64. The van der Waals surface area contributed by atoms with Crippen LogP contribution in [0.15, 0.2) is 12.3 Å². The van der Waals surface area contributed by atoms with Crippen LogP contribution in [0.1, 0.15) is 43.2 Å². The van der Waals surface area contributed by atoms with E-state index in [0.29, 0.717) is 46.1 Å². The Morgan fingerprint density at radius 2 is 2.03 bits per heavy atom. The maximum Gasteiger partial charge on any atom is 0.443 e. The average molecular weight is 466 g/mol. The Kier molecular flexibility index (Phi) is 5.00. The van der Waals surface area contributed by atoms with E-state index in [1.807, 2.05) is 0 Å². The predicted molar refractivity (Wildman–Crippen MR) is 107 cm³/mol. The van der Waals surface area contributed by atoms with Crippen molar-refractivity contribution in [2.75, 3.05) is 19.4 Å². The highest BCUT2D eigenvalue weighted by Gasteiger charge is 2.40. The number of pyridine rings is 2. The maximum absolute atomic E-state index is 13.3. The first kappa shape index (κ1) is 21.0. The van der Waals surface area contributed by atoms with E-state index >= 15 is 0 Å². The lowest BCUT2D eigenvalue weighted by Crippen LogP contribution is -2.46. The standard InChI is InChI=1S/C19H17F3N6O3S/c1-24-28(14-7-31-6-13-15(14)32-18(27-13)19(20,21)22)17(29)11-2-8-9-4-30-5-10(9)16(23)26-12(8)3-25-11/h2-3,14,24H,4-7H2,1H3,(H2,23,26). The number of nitrogens with two attached hydrogens (primary N) is 1. The van der Waals surface area contributed by atoms with Crippen LogP contribution in [0, 0.1) is 0 Å². The molecule has 168 valence electrons. The molecule has 5 rings (SSSR count). The van der Waals surface area contributed by atoms with Crippen molar-refractivity contribution >= 4 is 34.0 Å². The molecular weight excluding hydrogens is 449 g/mol. The monoisotopic (exact) mass is 466 g/mol. The summed E-state index contributed by atoms with van der Waals surface area (Å²) >= 11 is 0.516. The molecule has 1 amide bonds. The summed E-state index contributed by atoms with van der Waals surface area (Å²) in [6.07, 6.45) is -3.12. The van der Waals surface area contributed by atoms with Gasteiger partial charge < -0.3 is 15.2 Å². The predicted octanol–water partition coefficient (Wildman–Crippen LogP) is 2.57. The molecule has 0 spiro atoms. The van der Waals surface area contributed by atoms with Gasteiger partial charge in [0.1, 0.15) is 17.6 Å². The smallest absolute Gasteiger partial charge is 0.383 e. The third-order valence-electron chi connectivity index (χ3n) is 5.39. The second-order valence-electron chi connectivity index (χ2n) is 7.29. The minimum absolute atomic E-state index is 0.0218. The summed E-state index contributed by atoms with van der Waals surface area (Å²) in [6, 6.07) is 0.807. The highest BCUT2D eigenvalue weighted by atomic mass is 32.1. The van der Waals surface area contributed by atoms with Crippen LogP contribution in [0.3, 0.4) is 0 Å². The molecule has 32 heavy (non-hydrogen) atoms. The van der Waals surface area contributed by atoms with Gasteiger partial charge in [-0.1, -0.05) is 0 Å². The molecule has 0 fully saturated rings. The normalized spacial score (nSPS) is 17.9. The number of amides is 1. The third kappa shape index (κ3) is 3.37. The summed E-state index contributed by atoms with van der Waals surface area (Å²) in [7, 11) is 1.51. The number of hydrogen-bond donors (Lipinski definition) is 2. The van der Waals surface area contributed by atoms with Crippen LogP contribution in [-0.4, -0.2) is 39.5 Å². The van der Waals surface area contributed by atoms with Crippen molar-refractivity contribution in [2.24, 2.45) is 0 Å². The van der Waals surface area contributed by atoms with Gasteiger partial charge in [-0.2, -0.15) is 13.2 Å². The molecule has 0 saturated heterocycles. The average Bonchev–Trinajstić information content (AvgIpc) is 3.42. The summed E-state index contributed by atoms with van der Waals surface area (Å²) in [5.41, 5.74) is 11.2. The van der Waals surface area contributed by atoms with Crippen LogP contribution >= 0.6 is 11.3 Å². The number of nitrogens with one attached hydrogen (secondary N) is 1. The molecule has 2 aliphatic rings. The molecule has 3 aromatic rings. The molecule has 0 bridgehead atoms. The number of fused-ring (bicyclic) bond motifs is 4. The van der Waals surface area contributed by atoms with E-state index in [1.165, 1.54) is 18.3 Å². The lowest BCUT2D eigenvalue weighted by molar-refractivity contribution is -0.137. The van der Waals surface area contributed by atoms with Crippen molar-refractivity contribution < 1.29 is 27.4 Å². The van der Waals surface area contributed by atoms with Gasteiger partial charge in [-0.05, 0) is 11.6 Å². The SMILES string of the molecule is CNN(C(=O)c1cc2c3c(c(N)nc2cn1)COC3)C1COCc2nc(C(F)(F)F)sc21. The van der Waals surface area contributed by atoms with E-state index in [9.17, 15) is 18.0 Å². The molecule has 0 aliphatic carbocycles. The Morgan fingerprint density at radius 1 is 1.25 bits per heavy atom. The van der Waals surface area contributed by atoms with Crippen molar-refractivity contribution in [1.82, 2.24) is 25.4 Å². The number of hydrazine groups is 1. The first-order valence-corrected chi connectivity index (χ1v) is 10.4. The summed E-state index contributed by atoms with van der Waals surface area (Å²) in [6.45, 7) is 0.659. The number of halogens is 3. The number of thiazole rings is 1. The van der Waals surface area contributed by atoms with E-state index in [1.54, 1.807) is 6.07 Å². The van der Waals surface area contributed by atoms with Crippen LogP contribution in [0.2, 0.25) is 0 Å². The van der Waals surface area contributed by atoms with E-state index in [4.69, 9.17) is 15.2 Å². The molecule has 2 aliphatic heterocycles. The summed E-state index contributed by atoms with van der Waals surface area (Å²) in [5.74, 6) is -0.164. The van der Waals surface area contributed by atoms with Gasteiger partial charge in [-0.15, -0.1) is 11.3 Å². The second-order valence-corrected chi connectivity index (χ2v) is 8.32. The molecule has 0 radical (unpaired) electrons. The highest BCUT2D eigenvalue weighted by Crippen LogP contribution is 2.40. The fourth-order valence-corrected chi connectivity index (χ4v) is 4.91. The number of alkyl halides is 3. The number of rotatable bonds is 3. The van der Waals surface area contributed by atoms with Crippen LogP contribution in [-0.2, 0) is 35.5 Å². The Bertz CT molecular complexity index is 1230. The zero-order chi connectivity index (χ0) is 22.6. The zero-order valence-electron chi connectivity index (χ0n) is 16.7. The number of anilines is 1. The Hall–Kier alpha value is -2.87. The van der Waals surface area contributed by atoms with Crippen LogP contribution in [0.5, 0.6) is 0 Å². The van der Waals surface area contributed by atoms with E-state index < -0.39 is 23.1 Å².